The Morgan fingerprint density at radius 3 is 2.44 bits per heavy atom. The first-order valence-corrected chi connectivity index (χ1v) is 8.72. The van der Waals surface area contributed by atoms with Gasteiger partial charge < -0.3 is 10.1 Å². The topological polar surface area (TPSA) is 75.7 Å². The van der Waals surface area contributed by atoms with E-state index in [0.29, 0.717) is 16.9 Å². The van der Waals surface area contributed by atoms with E-state index in [4.69, 9.17) is 16.3 Å². The summed E-state index contributed by atoms with van der Waals surface area (Å²) in [5.74, 6) is -0.421. The Morgan fingerprint density at radius 2 is 1.85 bits per heavy atom. The molecule has 0 aliphatic carbocycles. The molecular weight excluding hydrogens is 368 g/mol. The average molecular weight is 387 g/mol. The molecule has 6 nitrogen and oxygen atoms in total. The molecule has 0 spiro atoms. The van der Waals surface area contributed by atoms with Gasteiger partial charge in [-0.25, -0.2) is 4.79 Å². The molecule has 1 fully saturated rings. The lowest BCUT2D eigenvalue weighted by Gasteiger charge is -2.22. The molecule has 1 heterocycles. The third kappa shape index (κ3) is 3.40. The van der Waals surface area contributed by atoms with Crippen LogP contribution >= 0.6 is 11.6 Å². The second-order valence-electron chi connectivity index (χ2n) is 6.58. The number of rotatable bonds is 5. The first kappa shape index (κ1) is 18.9. The summed E-state index contributed by atoms with van der Waals surface area (Å²) in [6, 6.07) is 11.3. The smallest absolute Gasteiger partial charge is 0.325 e. The number of imide groups is 1. The van der Waals surface area contributed by atoms with E-state index in [0.717, 1.165) is 10.5 Å². The zero-order valence-corrected chi connectivity index (χ0v) is 16.0. The summed E-state index contributed by atoms with van der Waals surface area (Å²) in [7, 11) is 1.47. The lowest BCUT2D eigenvalue weighted by atomic mass is 9.91. The van der Waals surface area contributed by atoms with Crippen LogP contribution in [0.4, 0.5) is 4.79 Å². The molecule has 3 rings (SSSR count). The number of methoxy groups -OCH3 is 1. The van der Waals surface area contributed by atoms with Crippen LogP contribution in [-0.4, -0.2) is 36.3 Å². The Morgan fingerprint density at radius 1 is 1.19 bits per heavy atom. The van der Waals surface area contributed by atoms with Crippen LogP contribution in [0.25, 0.3) is 0 Å². The van der Waals surface area contributed by atoms with Crippen LogP contribution < -0.4 is 10.1 Å². The highest BCUT2D eigenvalue weighted by Gasteiger charge is 2.49. The molecule has 1 N–H and O–H groups in total. The molecule has 2 aromatic carbocycles. The van der Waals surface area contributed by atoms with E-state index in [1.807, 2.05) is 19.1 Å². The monoisotopic (exact) mass is 386 g/mol. The van der Waals surface area contributed by atoms with Gasteiger partial charge in [-0.1, -0.05) is 41.4 Å². The molecule has 1 atom stereocenters. The van der Waals surface area contributed by atoms with Gasteiger partial charge >= 0.3 is 6.03 Å². The number of nitrogens with zero attached hydrogens (tertiary/aromatic N) is 1. The van der Waals surface area contributed by atoms with Crippen LogP contribution in [0, 0.1) is 6.92 Å². The maximum Gasteiger partial charge on any atom is 0.325 e. The van der Waals surface area contributed by atoms with Crippen molar-refractivity contribution in [1.29, 1.82) is 0 Å². The molecule has 27 heavy (non-hydrogen) atoms. The second-order valence-corrected chi connectivity index (χ2v) is 6.99. The van der Waals surface area contributed by atoms with Crippen LogP contribution in [0.15, 0.2) is 42.5 Å². The number of urea groups is 1. The van der Waals surface area contributed by atoms with E-state index in [1.54, 1.807) is 31.2 Å². The van der Waals surface area contributed by atoms with Gasteiger partial charge in [0.1, 0.15) is 11.3 Å². The first-order valence-electron chi connectivity index (χ1n) is 8.34. The van der Waals surface area contributed by atoms with Gasteiger partial charge in [0.25, 0.3) is 5.91 Å². The highest BCUT2D eigenvalue weighted by Crippen LogP contribution is 2.30. The van der Waals surface area contributed by atoms with Crippen molar-refractivity contribution in [3.63, 3.8) is 0 Å². The highest BCUT2D eigenvalue weighted by molar-refractivity contribution is 6.32. The molecule has 140 valence electrons. The number of hydrogen-bond donors (Lipinski definition) is 1. The largest absolute Gasteiger partial charge is 0.495 e. The quantitative estimate of drug-likeness (QED) is 0.631. The summed E-state index contributed by atoms with van der Waals surface area (Å²) in [4.78, 5) is 38.8. The number of aryl methyl sites for hydroxylation is 1. The SMILES string of the molecule is COc1ccc(C(=O)CN2C(=O)N[C@@](C)(c3ccc(C)cc3)C2=O)cc1Cl. The number of carbonyl (C=O) groups is 3. The van der Waals surface area contributed by atoms with Crippen molar-refractivity contribution >= 4 is 29.3 Å². The molecule has 3 amide bonds. The van der Waals surface area contributed by atoms with Crippen LogP contribution in [0.3, 0.4) is 0 Å². The predicted octanol–water partition coefficient (Wildman–Crippen LogP) is 3.31. The van der Waals surface area contributed by atoms with Gasteiger partial charge in [-0.3, -0.25) is 14.5 Å². The van der Waals surface area contributed by atoms with Gasteiger partial charge in [0, 0.05) is 5.56 Å². The number of hydrogen-bond acceptors (Lipinski definition) is 4. The van der Waals surface area contributed by atoms with Crippen molar-refractivity contribution < 1.29 is 19.1 Å². The van der Waals surface area contributed by atoms with Gasteiger partial charge in [0.2, 0.25) is 0 Å². The fourth-order valence-corrected chi connectivity index (χ4v) is 3.26. The normalized spacial score (nSPS) is 19.2. The van der Waals surface area contributed by atoms with Crippen molar-refractivity contribution in [2.24, 2.45) is 0 Å². The van der Waals surface area contributed by atoms with Crippen LogP contribution in [-0.2, 0) is 10.3 Å². The molecule has 2 aromatic rings. The molecule has 0 unspecified atom stereocenters. The highest BCUT2D eigenvalue weighted by atomic mass is 35.5. The van der Waals surface area contributed by atoms with Crippen molar-refractivity contribution in [3.05, 3.63) is 64.2 Å². The van der Waals surface area contributed by atoms with Crippen molar-refractivity contribution in [2.45, 2.75) is 19.4 Å². The minimum Gasteiger partial charge on any atom is -0.495 e. The lowest BCUT2D eigenvalue weighted by molar-refractivity contribution is -0.130. The van der Waals surface area contributed by atoms with Crippen LogP contribution in [0.2, 0.25) is 5.02 Å². The van der Waals surface area contributed by atoms with E-state index < -0.39 is 23.3 Å². The van der Waals surface area contributed by atoms with E-state index in [2.05, 4.69) is 5.32 Å². The molecule has 0 bridgehead atoms. The van der Waals surface area contributed by atoms with E-state index in [-0.39, 0.29) is 11.6 Å². The molecule has 0 saturated carbocycles. The molecule has 1 aliphatic heterocycles. The third-order valence-corrected chi connectivity index (χ3v) is 4.97. The van der Waals surface area contributed by atoms with Crippen LogP contribution in [0.5, 0.6) is 5.75 Å². The minimum atomic E-state index is -1.21. The molecule has 7 heteroatoms. The Hall–Kier alpha value is -2.86. The maximum atomic E-state index is 12.9. The fraction of sp³-hybridized carbons (Fsp3) is 0.250. The summed E-state index contributed by atoms with van der Waals surface area (Å²) >= 11 is 6.05. The Labute approximate surface area is 162 Å². The molecule has 0 radical (unpaired) electrons. The number of nitrogens with one attached hydrogen (secondary N) is 1. The predicted molar refractivity (Wildman–Crippen MR) is 101 cm³/mol. The average Bonchev–Trinajstić information content (AvgIpc) is 2.86. The number of halogens is 1. The first-order chi connectivity index (χ1) is 12.8. The van der Waals surface area contributed by atoms with Crippen LogP contribution in [0.1, 0.15) is 28.4 Å². The number of ketones is 1. The Kier molecular flexibility index (Phi) is 4.93. The van der Waals surface area contributed by atoms with Gasteiger partial charge in [-0.2, -0.15) is 0 Å². The minimum absolute atomic E-state index is 0.282. The van der Waals surface area contributed by atoms with E-state index >= 15 is 0 Å². The number of carbonyl (C=O) groups excluding carboxylic acids is 3. The van der Waals surface area contributed by atoms with Gasteiger partial charge in [-0.05, 0) is 37.6 Å². The van der Waals surface area contributed by atoms with Gasteiger partial charge in [0.15, 0.2) is 5.78 Å². The number of amides is 3. The zero-order chi connectivity index (χ0) is 19.8. The second kappa shape index (κ2) is 7.04. The zero-order valence-electron chi connectivity index (χ0n) is 15.2. The Balaban J connectivity index is 1.82. The van der Waals surface area contributed by atoms with Gasteiger partial charge in [0.05, 0.1) is 18.7 Å². The summed E-state index contributed by atoms with van der Waals surface area (Å²) in [6.07, 6.45) is 0. The maximum absolute atomic E-state index is 12.9. The Bertz CT molecular complexity index is 926. The standard InChI is InChI=1S/C20H19ClN2O4/c1-12-4-7-14(8-5-12)20(2)18(25)23(19(26)22-20)11-16(24)13-6-9-17(27-3)15(21)10-13/h4-10H,11H2,1-3H3,(H,22,26)/t20-/m0/s1. The van der Waals surface area contributed by atoms with E-state index in [9.17, 15) is 14.4 Å². The molecular formula is C20H19ClN2O4. The summed E-state index contributed by atoms with van der Waals surface area (Å²) in [6.45, 7) is 3.20. The van der Waals surface area contributed by atoms with Crippen molar-refractivity contribution in [3.8, 4) is 5.75 Å². The summed E-state index contributed by atoms with van der Waals surface area (Å²) in [5.41, 5.74) is 0.796. The third-order valence-electron chi connectivity index (χ3n) is 4.68. The molecule has 1 aliphatic rings. The molecule has 1 saturated heterocycles. The summed E-state index contributed by atoms with van der Waals surface area (Å²) < 4.78 is 5.06. The van der Waals surface area contributed by atoms with Crippen molar-refractivity contribution in [1.82, 2.24) is 10.2 Å². The number of benzene rings is 2. The molecule has 0 aromatic heterocycles. The lowest BCUT2D eigenvalue weighted by Crippen LogP contribution is -2.41. The van der Waals surface area contributed by atoms with Gasteiger partial charge in [-0.15, -0.1) is 0 Å². The van der Waals surface area contributed by atoms with E-state index in [1.165, 1.54) is 13.2 Å². The number of ether oxygens (including phenoxy) is 1. The fourth-order valence-electron chi connectivity index (χ4n) is 3.00. The summed E-state index contributed by atoms with van der Waals surface area (Å²) in [5, 5.41) is 2.97. The number of Topliss-reactive ketones (excluding diaryl/α,β-unsaturated/α-hetero) is 1. The van der Waals surface area contributed by atoms with Crippen molar-refractivity contribution in [2.75, 3.05) is 13.7 Å².